The van der Waals surface area contributed by atoms with E-state index in [1.807, 2.05) is 36.4 Å². The van der Waals surface area contributed by atoms with Gasteiger partial charge in [-0.1, -0.05) is 81.4 Å². The lowest BCUT2D eigenvalue weighted by molar-refractivity contribution is -0.132. The summed E-state index contributed by atoms with van der Waals surface area (Å²) in [7, 11) is 0.498. The molecule has 2 aromatic rings. The van der Waals surface area contributed by atoms with Crippen LogP contribution in [0.1, 0.15) is 20.8 Å². The summed E-state index contributed by atoms with van der Waals surface area (Å²) >= 11 is 0. The maximum Gasteiger partial charge on any atom is 0.261 e. The molecule has 0 aromatic heterocycles. The number of nitrogens with one attached hydrogen (secondary N) is 1. The summed E-state index contributed by atoms with van der Waals surface area (Å²) in [6.45, 7) is 6.84. The number of hydrogen-bond donors (Lipinski definition) is 1. The summed E-state index contributed by atoms with van der Waals surface area (Å²) in [5, 5.41) is 4.88. The molecule has 5 heteroatoms. The van der Waals surface area contributed by atoms with Gasteiger partial charge in [-0.05, 0) is 15.4 Å². The quantitative estimate of drug-likeness (QED) is 0.760. The summed E-state index contributed by atoms with van der Waals surface area (Å²) in [6.07, 6.45) is -0.637. The van der Waals surface area contributed by atoms with Gasteiger partial charge in [0.2, 0.25) is 0 Å². The van der Waals surface area contributed by atoms with Crippen LogP contribution in [0.25, 0.3) is 0 Å². The van der Waals surface area contributed by atoms with Crippen LogP contribution in [0.15, 0.2) is 60.7 Å². The number of carbonyl (C=O) groups excluding carboxylic acids is 1. The van der Waals surface area contributed by atoms with Gasteiger partial charge in [0.25, 0.3) is 14.2 Å². The van der Waals surface area contributed by atoms with Crippen molar-refractivity contribution in [1.29, 1.82) is 0 Å². The Morgan fingerprint density at radius 1 is 1.00 bits per heavy atom. The maximum atomic E-state index is 12.1. The topological polar surface area (TPSA) is 47.6 Å². The molecule has 1 amide bonds. The summed E-state index contributed by atoms with van der Waals surface area (Å²) in [6, 6.07) is 20.7. The fraction of sp³-hybridized carbons (Fsp3) is 0.381. The van der Waals surface area contributed by atoms with Gasteiger partial charge in [-0.2, -0.15) is 0 Å². The Kier molecular flexibility index (Phi) is 6.75. The zero-order valence-corrected chi connectivity index (χ0v) is 17.3. The minimum absolute atomic E-state index is 0.128. The van der Waals surface area contributed by atoms with E-state index in [1.54, 1.807) is 7.05 Å². The largest absolute Gasteiger partial charge is 0.404 e. The van der Waals surface area contributed by atoms with Crippen molar-refractivity contribution >= 4 is 24.6 Å². The van der Waals surface area contributed by atoms with Gasteiger partial charge in [-0.3, -0.25) is 4.79 Å². The zero-order chi connectivity index (χ0) is 19.2. The third-order valence-electron chi connectivity index (χ3n) is 4.69. The molecule has 1 unspecified atom stereocenters. The van der Waals surface area contributed by atoms with Gasteiger partial charge in [0.1, 0.15) is 0 Å². The Bertz CT molecular complexity index is 659. The first-order valence-electron chi connectivity index (χ1n) is 8.86. The van der Waals surface area contributed by atoms with Crippen LogP contribution in [0.5, 0.6) is 0 Å². The van der Waals surface area contributed by atoms with Crippen LogP contribution in [0, 0.1) is 0 Å². The van der Waals surface area contributed by atoms with Gasteiger partial charge in [0.05, 0.1) is 6.61 Å². The first-order chi connectivity index (χ1) is 12.4. The highest BCUT2D eigenvalue weighted by Gasteiger charge is 2.50. The molecule has 0 saturated carbocycles. The van der Waals surface area contributed by atoms with Crippen molar-refractivity contribution < 1.29 is 14.0 Å². The van der Waals surface area contributed by atoms with Crippen molar-refractivity contribution in [3.05, 3.63) is 60.7 Å². The molecule has 2 rings (SSSR count). The molecule has 1 N–H and O–H groups in total. The Labute approximate surface area is 157 Å². The number of hydrogen-bond acceptors (Lipinski definition) is 3. The number of benzene rings is 2. The van der Waals surface area contributed by atoms with Gasteiger partial charge in [0.15, 0.2) is 6.10 Å². The Hall–Kier alpha value is -1.95. The van der Waals surface area contributed by atoms with Crippen molar-refractivity contribution in [1.82, 2.24) is 5.32 Å². The van der Waals surface area contributed by atoms with Gasteiger partial charge in [-0.15, -0.1) is 0 Å². The van der Waals surface area contributed by atoms with Crippen molar-refractivity contribution in [3.8, 4) is 0 Å². The fourth-order valence-electron chi connectivity index (χ4n) is 3.37. The Morgan fingerprint density at radius 2 is 1.46 bits per heavy atom. The highest BCUT2D eigenvalue weighted by Crippen LogP contribution is 2.36. The first-order valence-corrected chi connectivity index (χ1v) is 10.8. The minimum Gasteiger partial charge on any atom is -0.404 e. The predicted octanol–water partition coefficient (Wildman–Crippen LogP) is 2.32. The number of rotatable bonds is 7. The second-order valence-corrected chi connectivity index (χ2v) is 11.6. The zero-order valence-electron chi connectivity index (χ0n) is 16.3. The van der Waals surface area contributed by atoms with E-state index in [0.717, 1.165) is 0 Å². The van der Waals surface area contributed by atoms with Gasteiger partial charge < -0.3 is 14.5 Å². The van der Waals surface area contributed by atoms with Crippen molar-refractivity contribution in [2.75, 3.05) is 20.8 Å². The molecule has 2 aromatic carbocycles. The van der Waals surface area contributed by atoms with E-state index in [4.69, 9.17) is 9.16 Å². The standard InChI is InChI=1S/C21H29NO3Si/c1-21(2,3)26(17-12-8-6-9-13-17,18-14-10-7-11-15-18)25-16-19(24-5)20(23)22-4/h6-15,19H,16H2,1-5H3,(H,22,23). The summed E-state index contributed by atoms with van der Waals surface area (Å²) < 4.78 is 12.1. The average molecular weight is 372 g/mol. The lowest BCUT2D eigenvalue weighted by atomic mass is 10.2. The molecule has 0 saturated heterocycles. The van der Waals surface area contributed by atoms with Crippen LogP contribution in [-0.4, -0.2) is 41.1 Å². The molecule has 1 atom stereocenters. The average Bonchev–Trinajstić information content (AvgIpc) is 2.65. The van der Waals surface area contributed by atoms with Crippen LogP contribution in [-0.2, 0) is 14.0 Å². The van der Waals surface area contributed by atoms with Crippen molar-refractivity contribution in [3.63, 3.8) is 0 Å². The number of carbonyl (C=O) groups is 1. The molecular weight excluding hydrogens is 342 g/mol. The van der Waals surface area contributed by atoms with E-state index in [1.165, 1.54) is 17.5 Å². The molecule has 0 aliphatic heterocycles. The Morgan fingerprint density at radius 3 is 1.81 bits per heavy atom. The second-order valence-electron chi connectivity index (χ2n) is 7.31. The van der Waals surface area contributed by atoms with Crippen LogP contribution in [0.4, 0.5) is 0 Å². The van der Waals surface area contributed by atoms with Gasteiger partial charge in [-0.25, -0.2) is 0 Å². The highest BCUT2D eigenvalue weighted by molar-refractivity contribution is 6.99. The van der Waals surface area contributed by atoms with E-state index in [-0.39, 0.29) is 17.6 Å². The summed E-state index contributed by atoms with van der Waals surface area (Å²) in [4.78, 5) is 12.1. The van der Waals surface area contributed by atoms with Gasteiger partial charge >= 0.3 is 0 Å². The fourth-order valence-corrected chi connectivity index (χ4v) is 7.93. The van der Waals surface area contributed by atoms with Crippen LogP contribution in [0.3, 0.4) is 0 Å². The molecule has 4 nitrogen and oxygen atoms in total. The highest BCUT2D eigenvalue weighted by atomic mass is 28.4. The van der Waals surface area contributed by atoms with Crippen LogP contribution < -0.4 is 15.7 Å². The lowest BCUT2D eigenvalue weighted by Gasteiger charge is -2.43. The number of ether oxygens (including phenoxy) is 1. The molecule has 0 aliphatic carbocycles. The lowest BCUT2D eigenvalue weighted by Crippen LogP contribution is -2.67. The normalized spacial score (nSPS) is 13.3. The molecular formula is C21H29NO3Si. The molecule has 140 valence electrons. The van der Waals surface area contributed by atoms with Gasteiger partial charge in [0, 0.05) is 14.2 Å². The van der Waals surface area contributed by atoms with E-state index >= 15 is 0 Å². The van der Waals surface area contributed by atoms with Crippen molar-refractivity contribution in [2.45, 2.75) is 31.9 Å². The number of likely N-dealkylation sites (N-methyl/N-ethyl adjacent to an activating group) is 1. The SMILES string of the molecule is CNC(=O)C(CO[Si](c1ccccc1)(c1ccccc1)C(C)(C)C)OC. The van der Waals surface area contributed by atoms with E-state index in [9.17, 15) is 4.79 Å². The summed E-state index contributed by atoms with van der Waals surface area (Å²) in [5.41, 5.74) is 0. The molecule has 0 fully saturated rings. The number of amides is 1. The monoisotopic (exact) mass is 371 g/mol. The third-order valence-corrected chi connectivity index (χ3v) is 9.70. The van der Waals surface area contributed by atoms with E-state index in [2.05, 4.69) is 50.4 Å². The third kappa shape index (κ3) is 4.06. The van der Waals surface area contributed by atoms with Crippen molar-refractivity contribution in [2.24, 2.45) is 0 Å². The minimum atomic E-state index is -2.65. The van der Waals surface area contributed by atoms with E-state index < -0.39 is 14.4 Å². The van der Waals surface area contributed by atoms with Crippen LogP contribution in [0.2, 0.25) is 5.04 Å². The summed E-state index contributed by atoms with van der Waals surface area (Å²) in [5.74, 6) is -0.176. The molecule has 0 spiro atoms. The van der Waals surface area contributed by atoms with E-state index in [0.29, 0.717) is 0 Å². The molecule has 0 heterocycles. The smallest absolute Gasteiger partial charge is 0.261 e. The molecule has 0 radical (unpaired) electrons. The molecule has 26 heavy (non-hydrogen) atoms. The Balaban J connectivity index is 2.55. The second kappa shape index (κ2) is 8.62. The number of methoxy groups -OCH3 is 1. The predicted molar refractivity (Wildman–Crippen MR) is 108 cm³/mol. The van der Waals surface area contributed by atoms with Crippen LogP contribution >= 0.6 is 0 Å². The molecule has 0 aliphatic rings. The maximum absolute atomic E-state index is 12.1. The molecule has 0 bridgehead atoms. The first kappa shape index (κ1) is 20.4.